The summed E-state index contributed by atoms with van der Waals surface area (Å²) >= 11 is 0. The summed E-state index contributed by atoms with van der Waals surface area (Å²) < 4.78 is 1.54. The van der Waals surface area contributed by atoms with E-state index in [9.17, 15) is 4.79 Å². The van der Waals surface area contributed by atoms with Crippen molar-refractivity contribution < 1.29 is 4.79 Å². The molecule has 2 heterocycles. The lowest BCUT2D eigenvalue weighted by Gasteiger charge is -2.29. The van der Waals surface area contributed by atoms with Gasteiger partial charge in [-0.05, 0) is 6.92 Å². The third kappa shape index (κ3) is 1.74. The maximum absolute atomic E-state index is 11.6. The van der Waals surface area contributed by atoms with E-state index in [1.807, 2.05) is 0 Å². The van der Waals surface area contributed by atoms with Crippen molar-refractivity contribution in [2.75, 3.05) is 13.1 Å². The second-order valence-electron chi connectivity index (χ2n) is 3.42. The molecule has 0 spiro atoms. The zero-order chi connectivity index (χ0) is 9.97. The summed E-state index contributed by atoms with van der Waals surface area (Å²) in [6.45, 7) is 3.52. The number of rotatable bonds is 3. The van der Waals surface area contributed by atoms with Crippen molar-refractivity contribution in [1.82, 2.24) is 25.4 Å². The van der Waals surface area contributed by atoms with Crippen LogP contribution >= 0.6 is 0 Å². The van der Waals surface area contributed by atoms with Crippen molar-refractivity contribution >= 4 is 5.91 Å². The molecule has 2 N–H and O–H groups in total. The van der Waals surface area contributed by atoms with Crippen LogP contribution < -0.4 is 10.6 Å². The lowest BCUT2D eigenvalue weighted by atomic mass is 10.1. The van der Waals surface area contributed by atoms with Crippen LogP contribution in [0, 0.1) is 0 Å². The van der Waals surface area contributed by atoms with Crippen molar-refractivity contribution in [3.63, 3.8) is 0 Å². The van der Waals surface area contributed by atoms with Gasteiger partial charge in [0.05, 0.1) is 6.04 Å². The Labute approximate surface area is 81.7 Å². The van der Waals surface area contributed by atoms with Crippen molar-refractivity contribution in [1.29, 1.82) is 0 Å². The monoisotopic (exact) mass is 195 g/mol. The zero-order valence-corrected chi connectivity index (χ0v) is 7.97. The van der Waals surface area contributed by atoms with Gasteiger partial charge in [-0.1, -0.05) is 0 Å². The highest BCUT2D eigenvalue weighted by molar-refractivity contribution is 5.80. The van der Waals surface area contributed by atoms with Crippen LogP contribution in [-0.4, -0.2) is 39.8 Å². The van der Waals surface area contributed by atoms with E-state index in [0.717, 1.165) is 13.1 Å². The van der Waals surface area contributed by atoms with E-state index in [0.29, 0.717) is 0 Å². The summed E-state index contributed by atoms with van der Waals surface area (Å²) in [4.78, 5) is 15.4. The Kier molecular flexibility index (Phi) is 2.45. The highest BCUT2D eigenvalue weighted by Gasteiger charge is 2.22. The molecule has 1 unspecified atom stereocenters. The van der Waals surface area contributed by atoms with Gasteiger partial charge < -0.3 is 10.6 Å². The van der Waals surface area contributed by atoms with E-state index in [-0.39, 0.29) is 18.0 Å². The number of nitrogens with zero attached hydrogens (tertiary/aromatic N) is 3. The zero-order valence-electron chi connectivity index (χ0n) is 7.97. The molecule has 76 valence electrons. The number of hydrogen-bond donors (Lipinski definition) is 2. The van der Waals surface area contributed by atoms with Crippen LogP contribution in [0.15, 0.2) is 12.7 Å². The van der Waals surface area contributed by atoms with E-state index in [1.54, 1.807) is 17.9 Å². The van der Waals surface area contributed by atoms with Crippen LogP contribution in [0.1, 0.15) is 13.0 Å². The molecule has 1 aliphatic heterocycles. The van der Waals surface area contributed by atoms with Crippen LogP contribution in [0.25, 0.3) is 0 Å². The first kappa shape index (κ1) is 9.14. The molecule has 1 atom stereocenters. The quantitative estimate of drug-likeness (QED) is 0.644. The number of hydrogen-bond acceptors (Lipinski definition) is 4. The SMILES string of the molecule is CC(C(=O)NC1CNC1)n1cncn1. The van der Waals surface area contributed by atoms with Gasteiger partial charge in [-0.15, -0.1) is 0 Å². The van der Waals surface area contributed by atoms with E-state index in [1.165, 1.54) is 6.33 Å². The molecule has 6 heteroatoms. The fourth-order valence-electron chi connectivity index (χ4n) is 1.25. The Morgan fingerprint density at radius 3 is 3.00 bits per heavy atom. The van der Waals surface area contributed by atoms with Crippen LogP contribution in [0.2, 0.25) is 0 Å². The summed E-state index contributed by atoms with van der Waals surface area (Å²) in [6.07, 6.45) is 2.97. The second-order valence-corrected chi connectivity index (χ2v) is 3.42. The topological polar surface area (TPSA) is 71.8 Å². The molecule has 0 aliphatic carbocycles. The first-order chi connectivity index (χ1) is 6.77. The molecule has 2 rings (SSSR count). The minimum atomic E-state index is -0.293. The minimum Gasteiger partial charge on any atom is -0.349 e. The fraction of sp³-hybridized carbons (Fsp3) is 0.625. The molecule has 0 bridgehead atoms. The van der Waals surface area contributed by atoms with Crippen molar-refractivity contribution in [2.45, 2.75) is 19.0 Å². The molecule has 1 aromatic rings. The number of amides is 1. The lowest BCUT2D eigenvalue weighted by molar-refractivity contribution is -0.125. The predicted octanol–water partition coefficient (Wildman–Crippen LogP) is -1.07. The highest BCUT2D eigenvalue weighted by Crippen LogP contribution is 2.03. The Morgan fingerprint density at radius 2 is 2.50 bits per heavy atom. The van der Waals surface area contributed by atoms with E-state index in [4.69, 9.17) is 0 Å². The Hall–Kier alpha value is -1.43. The lowest BCUT2D eigenvalue weighted by Crippen LogP contribution is -2.57. The first-order valence-electron chi connectivity index (χ1n) is 4.62. The number of carbonyl (C=O) groups is 1. The largest absolute Gasteiger partial charge is 0.349 e. The van der Waals surface area contributed by atoms with Gasteiger partial charge in [-0.25, -0.2) is 9.67 Å². The second kappa shape index (κ2) is 3.75. The molecule has 1 fully saturated rings. The molecule has 1 saturated heterocycles. The van der Waals surface area contributed by atoms with Crippen LogP contribution in [0.5, 0.6) is 0 Å². The molecule has 6 nitrogen and oxygen atoms in total. The van der Waals surface area contributed by atoms with E-state index in [2.05, 4.69) is 20.7 Å². The predicted molar refractivity (Wildman–Crippen MR) is 49.5 cm³/mol. The molecule has 0 saturated carbocycles. The first-order valence-corrected chi connectivity index (χ1v) is 4.62. The van der Waals surface area contributed by atoms with Crippen LogP contribution in [-0.2, 0) is 4.79 Å². The average molecular weight is 195 g/mol. The Bertz CT molecular complexity index is 306. The minimum absolute atomic E-state index is 0.0120. The number of carbonyl (C=O) groups excluding carboxylic acids is 1. The normalized spacial score (nSPS) is 18.6. The van der Waals surface area contributed by atoms with E-state index >= 15 is 0 Å². The third-order valence-corrected chi connectivity index (χ3v) is 2.34. The molecule has 0 aromatic carbocycles. The van der Waals surface area contributed by atoms with Gasteiger partial charge in [0.1, 0.15) is 18.7 Å². The maximum atomic E-state index is 11.6. The third-order valence-electron chi connectivity index (χ3n) is 2.34. The Morgan fingerprint density at radius 1 is 1.71 bits per heavy atom. The van der Waals surface area contributed by atoms with Gasteiger partial charge in [-0.3, -0.25) is 4.79 Å². The van der Waals surface area contributed by atoms with Crippen molar-refractivity contribution in [2.24, 2.45) is 0 Å². The van der Waals surface area contributed by atoms with Crippen LogP contribution in [0.4, 0.5) is 0 Å². The van der Waals surface area contributed by atoms with E-state index < -0.39 is 0 Å². The molecule has 1 amide bonds. The van der Waals surface area contributed by atoms with Gasteiger partial charge in [0, 0.05) is 13.1 Å². The fourth-order valence-corrected chi connectivity index (χ4v) is 1.25. The standard InChI is InChI=1S/C8H13N5O/c1-6(13-5-10-4-11-13)8(14)12-7-2-9-3-7/h4-7,9H,2-3H2,1H3,(H,12,14). The van der Waals surface area contributed by atoms with Gasteiger partial charge in [0.25, 0.3) is 0 Å². The summed E-state index contributed by atoms with van der Waals surface area (Å²) in [7, 11) is 0. The summed E-state index contributed by atoms with van der Waals surface area (Å²) in [6, 6.07) is -0.0217. The molecular weight excluding hydrogens is 182 g/mol. The molecule has 0 radical (unpaired) electrons. The van der Waals surface area contributed by atoms with Crippen molar-refractivity contribution in [3.05, 3.63) is 12.7 Å². The van der Waals surface area contributed by atoms with Gasteiger partial charge in [-0.2, -0.15) is 5.10 Å². The van der Waals surface area contributed by atoms with Gasteiger partial charge in [0.2, 0.25) is 5.91 Å². The maximum Gasteiger partial charge on any atom is 0.244 e. The Balaban J connectivity index is 1.90. The number of nitrogens with one attached hydrogen (secondary N) is 2. The molecular formula is C8H13N5O. The van der Waals surface area contributed by atoms with Gasteiger partial charge >= 0.3 is 0 Å². The molecule has 1 aromatic heterocycles. The average Bonchev–Trinajstić information content (AvgIpc) is 2.62. The van der Waals surface area contributed by atoms with Gasteiger partial charge in [0.15, 0.2) is 0 Å². The summed E-state index contributed by atoms with van der Waals surface area (Å²) in [5.41, 5.74) is 0. The van der Waals surface area contributed by atoms with Crippen molar-refractivity contribution in [3.8, 4) is 0 Å². The summed E-state index contributed by atoms with van der Waals surface area (Å²) in [5, 5.41) is 9.92. The molecule has 14 heavy (non-hydrogen) atoms. The smallest absolute Gasteiger partial charge is 0.244 e. The summed E-state index contributed by atoms with van der Waals surface area (Å²) in [5.74, 6) is -0.0120. The molecule has 1 aliphatic rings. The van der Waals surface area contributed by atoms with Crippen LogP contribution in [0.3, 0.4) is 0 Å². The number of aromatic nitrogens is 3. The highest BCUT2D eigenvalue weighted by atomic mass is 16.2.